The first-order valence-electron chi connectivity index (χ1n) is 16.7. The Bertz CT molecular complexity index is 2530. The summed E-state index contributed by atoms with van der Waals surface area (Å²) in [5.74, 6) is 0.971. The molecule has 0 N–H and O–H groups in total. The van der Waals surface area contributed by atoms with E-state index in [0.29, 0.717) is 0 Å². The van der Waals surface area contributed by atoms with Gasteiger partial charge >= 0.3 is 0 Å². The first kappa shape index (κ1) is 29.7. The highest BCUT2D eigenvalue weighted by atomic mass is 15.1. The van der Waals surface area contributed by atoms with Gasteiger partial charge in [-0.05, 0) is 61.6 Å². The molecule has 0 fully saturated rings. The Balaban J connectivity index is 1.72. The van der Waals surface area contributed by atoms with Crippen LogP contribution in [0.25, 0.3) is 71.6 Å². The monoisotopic (exact) mass is 592 g/mol. The summed E-state index contributed by atoms with van der Waals surface area (Å²) in [6.45, 7) is 0. The van der Waals surface area contributed by atoms with E-state index in [4.69, 9.17) is 4.98 Å². The zero-order valence-electron chi connectivity index (χ0n) is 28.6. The van der Waals surface area contributed by atoms with Gasteiger partial charge in [-0.2, -0.15) is 0 Å². The molecule has 0 aliphatic carbocycles. The second kappa shape index (κ2) is 10.9. The highest BCUT2D eigenvalue weighted by Gasteiger charge is 2.27. The minimum absolute atomic E-state index is 0.971. The van der Waals surface area contributed by atoms with Crippen molar-refractivity contribution in [3.05, 3.63) is 97.1 Å². The van der Waals surface area contributed by atoms with Crippen molar-refractivity contribution < 1.29 is 0 Å². The van der Waals surface area contributed by atoms with Crippen molar-refractivity contribution in [2.45, 2.75) is 0 Å². The largest absolute Gasteiger partial charge is 0.291 e. The average Bonchev–Trinajstić information content (AvgIpc) is 3.49. The van der Waals surface area contributed by atoms with Crippen LogP contribution < -0.4 is 43.7 Å². The normalized spacial score (nSPS) is 11.7. The van der Waals surface area contributed by atoms with E-state index >= 15 is 0 Å². The summed E-state index contributed by atoms with van der Waals surface area (Å²) in [4.78, 5) is 5.33. The molecular weight excluding hydrogens is 559 g/mol. The van der Waals surface area contributed by atoms with Gasteiger partial charge in [0.05, 0.1) is 16.7 Å². The SMILES string of the molecule is Bc1c(B)c(B)c2c(-n3c(-c4ccccc4)nc4ccccc43)c3c(B)c(B)c(B)c(B)c3c(-c3ccc4ccccc4c3)c2c1B. The van der Waals surface area contributed by atoms with Crippen LogP contribution in [-0.4, -0.2) is 72.3 Å². The van der Waals surface area contributed by atoms with E-state index in [-0.39, 0.29) is 0 Å². The van der Waals surface area contributed by atoms with Crippen molar-refractivity contribution in [2.75, 3.05) is 0 Å². The van der Waals surface area contributed by atoms with E-state index in [1.54, 1.807) is 0 Å². The topological polar surface area (TPSA) is 17.8 Å². The molecule has 8 aromatic rings. The molecule has 1 heterocycles. The first-order valence-corrected chi connectivity index (χ1v) is 16.7. The molecule has 1 aromatic heterocycles. The van der Waals surface area contributed by atoms with Crippen LogP contribution in [-0.2, 0) is 0 Å². The predicted octanol–water partition coefficient (Wildman–Crippen LogP) is -4.11. The molecule has 0 atom stereocenters. The highest BCUT2D eigenvalue weighted by Crippen LogP contribution is 2.41. The van der Waals surface area contributed by atoms with Gasteiger partial charge in [0.2, 0.25) is 0 Å². The number of hydrogen-bond acceptors (Lipinski definition) is 1. The van der Waals surface area contributed by atoms with Crippen molar-refractivity contribution >= 4 is 150 Å². The Morgan fingerprint density at radius 1 is 0.426 bits per heavy atom. The molecule has 0 amide bonds. The molecule has 7 aromatic carbocycles. The third-order valence-corrected chi connectivity index (χ3v) is 11.2. The Kier molecular flexibility index (Phi) is 6.92. The lowest BCUT2D eigenvalue weighted by Gasteiger charge is -2.29. The van der Waals surface area contributed by atoms with E-state index in [2.05, 4.69) is 164 Å². The highest BCUT2D eigenvalue weighted by molar-refractivity contribution is 6.71. The van der Waals surface area contributed by atoms with Gasteiger partial charge in [0, 0.05) is 5.56 Å². The number of fused-ring (bicyclic) bond motifs is 4. The van der Waals surface area contributed by atoms with Crippen LogP contribution in [0, 0.1) is 0 Å². The molecular formula is C37H32B8N2. The van der Waals surface area contributed by atoms with Crippen molar-refractivity contribution in [1.29, 1.82) is 0 Å². The maximum absolute atomic E-state index is 5.33. The summed E-state index contributed by atoms with van der Waals surface area (Å²) < 4.78 is 2.47. The zero-order valence-corrected chi connectivity index (χ0v) is 28.6. The standard InChI is InChI=1S/C37H32B8N2/c38-28-24-23(20-15-14-17-8-4-5-11-19(17)16-20)25-27(31(41)35(45)33(43)29(25)39)36(26(24)30(40)34(44)32(28)42)47-22-13-7-6-12-21(22)46-37(47)18-9-2-1-3-10-18/h1-16H,38-45H2. The average molecular weight is 591 g/mol. The molecule has 0 aliphatic heterocycles. The van der Waals surface area contributed by atoms with Crippen LogP contribution in [0.15, 0.2) is 97.1 Å². The lowest BCUT2D eigenvalue weighted by atomic mass is 9.60. The number of nitrogens with zero attached hydrogens (tertiary/aromatic N) is 2. The lowest BCUT2D eigenvalue weighted by Crippen LogP contribution is -2.50. The van der Waals surface area contributed by atoms with E-state index < -0.39 is 0 Å². The fourth-order valence-corrected chi connectivity index (χ4v) is 7.98. The molecule has 0 saturated heterocycles. The number of para-hydroxylation sites is 2. The Hall–Kier alpha value is -4.69. The van der Waals surface area contributed by atoms with Gasteiger partial charge < -0.3 is 0 Å². The van der Waals surface area contributed by atoms with Crippen molar-refractivity contribution in [1.82, 2.24) is 9.55 Å². The van der Waals surface area contributed by atoms with Crippen molar-refractivity contribution in [3.8, 4) is 28.2 Å². The Morgan fingerprint density at radius 3 is 1.55 bits per heavy atom. The molecule has 214 valence electrons. The lowest BCUT2D eigenvalue weighted by molar-refractivity contribution is 1.13. The van der Waals surface area contributed by atoms with Crippen LogP contribution in [0.3, 0.4) is 0 Å². The number of benzene rings is 7. The smallest absolute Gasteiger partial charge is 0.145 e. The molecule has 0 spiro atoms. The second-order valence-corrected chi connectivity index (χ2v) is 13.4. The van der Waals surface area contributed by atoms with Crippen LogP contribution >= 0.6 is 0 Å². The van der Waals surface area contributed by atoms with Gasteiger partial charge in [-0.25, -0.2) is 4.98 Å². The van der Waals surface area contributed by atoms with E-state index in [9.17, 15) is 0 Å². The summed E-state index contributed by atoms with van der Waals surface area (Å²) in [6, 6.07) is 35.1. The summed E-state index contributed by atoms with van der Waals surface area (Å²) in [7, 11) is 18.5. The molecule has 0 aliphatic rings. The van der Waals surface area contributed by atoms with E-state index in [1.165, 1.54) is 92.8 Å². The zero-order chi connectivity index (χ0) is 32.7. The van der Waals surface area contributed by atoms with Crippen LogP contribution in [0.5, 0.6) is 0 Å². The van der Waals surface area contributed by atoms with Gasteiger partial charge in [-0.3, -0.25) is 4.57 Å². The predicted molar refractivity (Wildman–Crippen MR) is 230 cm³/mol. The van der Waals surface area contributed by atoms with Crippen molar-refractivity contribution in [3.63, 3.8) is 0 Å². The maximum Gasteiger partial charge on any atom is 0.145 e. The summed E-state index contributed by atoms with van der Waals surface area (Å²) in [6.07, 6.45) is 0. The third-order valence-electron chi connectivity index (χ3n) is 11.2. The van der Waals surface area contributed by atoms with Gasteiger partial charge in [0.1, 0.15) is 68.6 Å². The molecule has 0 bridgehead atoms. The second-order valence-electron chi connectivity index (χ2n) is 13.4. The molecule has 10 heteroatoms. The molecule has 8 rings (SSSR count). The number of aromatic nitrogens is 2. The van der Waals surface area contributed by atoms with Crippen LogP contribution in [0.1, 0.15) is 0 Å². The molecule has 2 nitrogen and oxygen atoms in total. The number of hydrogen-bond donors (Lipinski definition) is 0. The number of imidazole rings is 1. The minimum atomic E-state index is 0.971. The van der Waals surface area contributed by atoms with Gasteiger partial charge in [0.25, 0.3) is 0 Å². The Morgan fingerprint density at radius 2 is 0.936 bits per heavy atom. The quantitative estimate of drug-likeness (QED) is 0.151. The molecule has 0 unspecified atom stereocenters. The summed E-state index contributed by atoms with van der Waals surface area (Å²) in [5, 5.41) is 7.83. The van der Waals surface area contributed by atoms with Crippen molar-refractivity contribution in [2.24, 2.45) is 0 Å². The Labute approximate surface area is 283 Å². The molecule has 0 radical (unpaired) electrons. The summed E-state index contributed by atoms with van der Waals surface area (Å²) >= 11 is 0. The molecule has 47 heavy (non-hydrogen) atoms. The van der Waals surface area contributed by atoms with Crippen LogP contribution in [0.2, 0.25) is 0 Å². The van der Waals surface area contributed by atoms with Gasteiger partial charge in [0.15, 0.2) is 0 Å². The minimum Gasteiger partial charge on any atom is -0.291 e. The van der Waals surface area contributed by atoms with E-state index in [0.717, 1.165) is 22.4 Å². The fourth-order valence-electron chi connectivity index (χ4n) is 7.98. The van der Waals surface area contributed by atoms with Gasteiger partial charge in [-0.1, -0.05) is 101 Å². The molecule has 0 saturated carbocycles. The maximum atomic E-state index is 5.33. The fraction of sp³-hybridized carbons (Fsp3) is 0. The summed E-state index contributed by atoms with van der Waals surface area (Å²) in [5.41, 5.74) is 17.8. The third kappa shape index (κ3) is 4.27. The first-order chi connectivity index (χ1) is 22.7. The van der Waals surface area contributed by atoms with Gasteiger partial charge in [-0.15, -0.1) is 21.9 Å². The van der Waals surface area contributed by atoms with E-state index in [1.807, 2.05) is 0 Å². The number of rotatable bonds is 3. The van der Waals surface area contributed by atoms with Crippen LogP contribution in [0.4, 0.5) is 0 Å².